The first kappa shape index (κ1) is 19.8. The second-order valence-electron chi connectivity index (χ2n) is 8.78. The zero-order chi connectivity index (χ0) is 20.6. The number of carbonyl (C=O) groups excluding carboxylic acids is 2. The molecule has 2 aromatic carbocycles. The van der Waals surface area contributed by atoms with Crippen molar-refractivity contribution in [2.24, 2.45) is 0 Å². The number of imide groups is 1. The maximum absolute atomic E-state index is 12.8. The molecule has 0 saturated carbocycles. The number of fused-ring (bicyclic) bond motifs is 1. The number of carbonyl (C=O) groups is 2. The molecule has 4 nitrogen and oxygen atoms in total. The summed E-state index contributed by atoms with van der Waals surface area (Å²) in [5.41, 5.74) is 3.26. The van der Waals surface area contributed by atoms with Gasteiger partial charge in [0.25, 0.3) is 11.8 Å². The first-order valence-electron chi connectivity index (χ1n) is 10.5. The van der Waals surface area contributed by atoms with Gasteiger partial charge in [-0.2, -0.15) is 0 Å². The molecule has 2 heterocycles. The Bertz CT molecular complexity index is 900. The molecule has 1 fully saturated rings. The van der Waals surface area contributed by atoms with Crippen molar-refractivity contribution in [3.63, 3.8) is 0 Å². The average Bonchev–Trinajstić information content (AvgIpc) is 2.97. The van der Waals surface area contributed by atoms with Crippen molar-refractivity contribution in [2.75, 3.05) is 13.2 Å². The normalized spacial score (nSPS) is 26.7. The molecule has 0 spiro atoms. The van der Waals surface area contributed by atoms with Crippen LogP contribution in [0.3, 0.4) is 0 Å². The highest BCUT2D eigenvalue weighted by atomic mass is 16.5. The summed E-state index contributed by atoms with van der Waals surface area (Å²) in [4.78, 5) is 27.1. The Morgan fingerprint density at radius 3 is 2.21 bits per heavy atom. The minimum Gasteiger partial charge on any atom is -0.375 e. The molecule has 1 saturated heterocycles. The van der Waals surface area contributed by atoms with Crippen molar-refractivity contribution in [2.45, 2.75) is 57.5 Å². The Kier molecular flexibility index (Phi) is 5.07. The van der Waals surface area contributed by atoms with Crippen LogP contribution in [0.4, 0.5) is 0 Å². The second kappa shape index (κ2) is 7.42. The number of hydrogen-bond acceptors (Lipinski definition) is 3. The van der Waals surface area contributed by atoms with Crippen LogP contribution in [0.1, 0.15) is 71.4 Å². The van der Waals surface area contributed by atoms with Crippen molar-refractivity contribution in [3.05, 3.63) is 70.8 Å². The average molecular weight is 392 g/mol. The van der Waals surface area contributed by atoms with E-state index in [1.165, 1.54) is 16.0 Å². The fourth-order valence-electron chi connectivity index (χ4n) is 4.85. The van der Waals surface area contributed by atoms with E-state index in [2.05, 4.69) is 45.0 Å². The van der Waals surface area contributed by atoms with Gasteiger partial charge >= 0.3 is 0 Å². The van der Waals surface area contributed by atoms with Crippen LogP contribution < -0.4 is 0 Å². The first-order chi connectivity index (χ1) is 13.9. The number of aryl methyl sites for hydroxylation is 1. The minimum atomic E-state index is -0.189. The van der Waals surface area contributed by atoms with Gasteiger partial charge in [0.05, 0.1) is 16.7 Å². The summed E-state index contributed by atoms with van der Waals surface area (Å²) in [7, 11) is 0. The maximum Gasteiger partial charge on any atom is 0.261 e. The third-order valence-corrected chi connectivity index (χ3v) is 6.85. The van der Waals surface area contributed by atoms with E-state index in [0.717, 1.165) is 25.7 Å². The number of hydrogen-bond donors (Lipinski definition) is 0. The van der Waals surface area contributed by atoms with Gasteiger partial charge in [-0.25, -0.2) is 0 Å². The molecule has 2 amide bonds. The summed E-state index contributed by atoms with van der Waals surface area (Å²) in [5.74, 6) is -0.343. The highest BCUT2D eigenvalue weighted by Gasteiger charge is 2.45. The van der Waals surface area contributed by atoms with E-state index in [1.54, 1.807) is 12.1 Å². The summed E-state index contributed by atoms with van der Waals surface area (Å²) in [6.45, 7) is 7.56. The van der Waals surface area contributed by atoms with Gasteiger partial charge in [0.1, 0.15) is 0 Å². The molecule has 0 bridgehead atoms. The van der Waals surface area contributed by atoms with E-state index in [-0.39, 0.29) is 22.8 Å². The molecule has 0 unspecified atom stereocenters. The highest BCUT2D eigenvalue weighted by molar-refractivity contribution is 6.21. The number of ether oxygens (including phenoxy) is 1. The lowest BCUT2D eigenvalue weighted by Crippen LogP contribution is -2.47. The summed E-state index contributed by atoms with van der Waals surface area (Å²) < 4.78 is 6.13. The van der Waals surface area contributed by atoms with Gasteiger partial charge in [-0.1, -0.05) is 48.9 Å². The van der Waals surface area contributed by atoms with Crippen molar-refractivity contribution in [1.29, 1.82) is 0 Å². The van der Waals surface area contributed by atoms with E-state index in [9.17, 15) is 9.59 Å². The molecule has 2 atom stereocenters. The van der Waals surface area contributed by atoms with Gasteiger partial charge in [-0.15, -0.1) is 0 Å². The van der Waals surface area contributed by atoms with Gasteiger partial charge in [0.2, 0.25) is 0 Å². The molecule has 0 aromatic heterocycles. The van der Waals surface area contributed by atoms with Crippen molar-refractivity contribution in [3.8, 4) is 0 Å². The largest absolute Gasteiger partial charge is 0.375 e. The van der Waals surface area contributed by atoms with Crippen LogP contribution >= 0.6 is 0 Å². The monoisotopic (exact) mass is 391 g/mol. The van der Waals surface area contributed by atoms with Gasteiger partial charge in [-0.3, -0.25) is 14.5 Å². The fraction of sp³-hybridized carbons (Fsp3) is 0.440. The number of nitrogens with zero attached hydrogens (tertiary/aromatic N) is 1. The maximum atomic E-state index is 12.8. The van der Waals surface area contributed by atoms with E-state index in [0.29, 0.717) is 24.3 Å². The van der Waals surface area contributed by atoms with Gasteiger partial charge in [0, 0.05) is 18.6 Å². The van der Waals surface area contributed by atoms with E-state index in [1.807, 2.05) is 12.1 Å². The Hall–Kier alpha value is -2.46. The van der Waals surface area contributed by atoms with Gasteiger partial charge in [0.15, 0.2) is 0 Å². The van der Waals surface area contributed by atoms with Crippen molar-refractivity contribution >= 4 is 11.8 Å². The molecule has 4 heteroatoms. The summed E-state index contributed by atoms with van der Waals surface area (Å²) in [6, 6.07) is 15.8. The molecule has 2 aliphatic rings. The first-order valence-corrected chi connectivity index (χ1v) is 10.5. The van der Waals surface area contributed by atoms with E-state index >= 15 is 0 Å². The van der Waals surface area contributed by atoms with Crippen LogP contribution in [0.15, 0.2) is 48.5 Å². The van der Waals surface area contributed by atoms with Crippen molar-refractivity contribution in [1.82, 2.24) is 4.90 Å². The second-order valence-corrected chi connectivity index (χ2v) is 8.78. The third-order valence-electron chi connectivity index (χ3n) is 6.85. The van der Waals surface area contributed by atoms with Crippen LogP contribution in [0.25, 0.3) is 0 Å². The van der Waals surface area contributed by atoms with Gasteiger partial charge < -0.3 is 4.74 Å². The Morgan fingerprint density at radius 2 is 1.62 bits per heavy atom. The number of benzene rings is 2. The predicted molar refractivity (Wildman–Crippen MR) is 113 cm³/mol. The molecular weight excluding hydrogens is 362 g/mol. The molecule has 0 aliphatic carbocycles. The fourth-order valence-corrected chi connectivity index (χ4v) is 4.85. The molecule has 0 N–H and O–H groups in total. The van der Waals surface area contributed by atoms with E-state index in [4.69, 9.17) is 4.74 Å². The summed E-state index contributed by atoms with van der Waals surface area (Å²) in [6.07, 6.45) is 3.48. The lowest BCUT2D eigenvalue weighted by molar-refractivity contribution is -0.0985. The summed E-state index contributed by atoms with van der Waals surface area (Å²) in [5, 5.41) is 0. The smallest absolute Gasteiger partial charge is 0.261 e. The molecule has 0 radical (unpaired) electrons. The minimum absolute atomic E-state index is 0.105. The Labute approximate surface area is 172 Å². The van der Waals surface area contributed by atoms with E-state index < -0.39 is 0 Å². The molecular formula is C25H29NO3. The third kappa shape index (κ3) is 3.51. The van der Waals surface area contributed by atoms with Crippen LogP contribution in [-0.2, 0) is 10.2 Å². The van der Waals surface area contributed by atoms with Crippen LogP contribution in [0.2, 0.25) is 0 Å². The van der Waals surface area contributed by atoms with Crippen LogP contribution in [-0.4, -0.2) is 35.5 Å². The molecule has 2 aliphatic heterocycles. The Balaban J connectivity index is 1.63. The van der Waals surface area contributed by atoms with Gasteiger partial charge in [-0.05, 0) is 57.2 Å². The molecule has 152 valence electrons. The van der Waals surface area contributed by atoms with Crippen molar-refractivity contribution < 1.29 is 14.3 Å². The summed E-state index contributed by atoms with van der Waals surface area (Å²) >= 11 is 0. The number of rotatable bonds is 5. The lowest BCUT2D eigenvalue weighted by Gasteiger charge is -2.47. The zero-order valence-electron chi connectivity index (χ0n) is 17.5. The van der Waals surface area contributed by atoms with Crippen LogP contribution in [0, 0.1) is 6.92 Å². The predicted octanol–water partition coefficient (Wildman–Crippen LogP) is 4.90. The molecule has 29 heavy (non-hydrogen) atoms. The molecule has 2 aromatic rings. The standard InChI is InChI=1S/C25H29NO3/c1-4-24(3)17-25(14-16-29-24,19-11-9-18(2)10-12-19)13-15-26-22(27)20-7-5-6-8-21(20)23(26)28/h5-12H,4,13-17H2,1-3H3/t24-,25-/m1/s1. The SMILES string of the molecule is CC[C@]1(C)C[C@](CCN2C(=O)c3ccccc3C2=O)(c2ccc(C)cc2)CCO1. The van der Waals surface area contributed by atoms with Crippen LogP contribution in [0.5, 0.6) is 0 Å². The quantitative estimate of drug-likeness (QED) is 0.681. The highest BCUT2D eigenvalue weighted by Crippen LogP contribution is 2.45. The lowest BCUT2D eigenvalue weighted by atomic mass is 9.66. The Morgan fingerprint density at radius 1 is 1.00 bits per heavy atom. The topological polar surface area (TPSA) is 46.6 Å². The molecule has 4 rings (SSSR count). The zero-order valence-corrected chi connectivity index (χ0v) is 17.5. The number of amides is 2.